The van der Waals surface area contributed by atoms with Crippen molar-refractivity contribution < 1.29 is 4.79 Å². The Balaban J connectivity index is 1.54. The molecule has 1 fully saturated rings. The first-order chi connectivity index (χ1) is 13.3. The van der Waals surface area contributed by atoms with E-state index in [4.69, 9.17) is 0 Å². The molecule has 0 aliphatic carbocycles. The van der Waals surface area contributed by atoms with E-state index >= 15 is 0 Å². The van der Waals surface area contributed by atoms with E-state index in [-0.39, 0.29) is 11.9 Å². The van der Waals surface area contributed by atoms with Crippen LogP contribution in [0.15, 0.2) is 66.9 Å². The van der Waals surface area contributed by atoms with Gasteiger partial charge >= 0.3 is 0 Å². The number of rotatable bonds is 5. The molecule has 2 N–H and O–H groups in total. The average Bonchev–Trinajstić information content (AvgIpc) is 3.24. The summed E-state index contributed by atoms with van der Waals surface area (Å²) >= 11 is 0. The maximum Gasteiger partial charge on any atom is 0.274 e. The zero-order chi connectivity index (χ0) is 18.5. The number of hydrogen-bond donors (Lipinski definition) is 2. The zero-order valence-corrected chi connectivity index (χ0v) is 15.1. The van der Waals surface area contributed by atoms with Crippen molar-refractivity contribution in [2.75, 3.05) is 13.1 Å². The summed E-state index contributed by atoms with van der Waals surface area (Å²) in [5.41, 5.74) is 2.41. The second-order valence-electron chi connectivity index (χ2n) is 6.79. The van der Waals surface area contributed by atoms with E-state index < -0.39 is 0 Å². The summed E-state index contributed by atoms with van der Waals surface area (Å²) in [5.74, 6) is -0.215. The fourth-order valence-corrected chi connectivity index (χ4v) is 3.49. The molecule has 1 amide bonds. The largest absolute Gasteiger partial charge is 0.340 e. The van der Waals surface area contributed by atoms with Crippen molar-refractivity contribution in [3.63, 3.8) is 0 Å². The summed E-state index contributed by atoms with van der Waals surface area (Å²) < 4.78 is 1.83. The van der Waals surface area contributed by atoms with Crippen LogP contribution in [-0.4, -0.2) is 34.0 Å². The first-order valence-electron chi connectivity index (χ1n) is 9.34. The maximum absolute atomic E-state index is 12.9. The molecular formula is C21H23N5O. The van der Waals surface area contributed by atoms with E-state index in [1.165, 1.54) is 0 Å². The van der Waals surface area contributed by atoms with Gasteiger partial charge in [0.05, 0.1) is 18.3 Å². The number of carbonyl (C=O) groups excluding carboxylic acids is 1. The minimum atomic E-state index is -0.232. The summed E-state index contributed by atoms with van der Waals surface area (Å²) in [5, 5.41) is 14.8. The lowest BCUT2D eigenvalue weighted by Crippen LogP contribution is -2.30. The Bertz CT molecular complexity index is 832. The Morgan fingerprint density at radius 3 is 2.19 bits per heavy atom. The molecule has 0 bridgehead atoms. The summed E-state index contributed by atoms with van der Waals surface area (Å²) in [6.07, 6.45) is 3.76. The lowest BCUT2D eigenvalue weighted by Gasteiger charge is -2.22. The molecule has 3 aromatic rings. The lowest BCUT2D eigenvalue weighted by molar-refractivity contribution is 0.0938. The van der Waals surface area contributed by atoms with Crippen LogP contribution in [0.2, 0.25) is 0 Å². The lowest BCUT2D eigenvalue weighted by atomic mass is 9.98. The van der Waals surface area contributed by atoms with Crippen molar-refractivity contribution in [3.8, 4) is 0 Å². The molecule has 1 saturated heterocycles. The van der Waals surface area contributed by atoms with Crippen molar-refractivity contribution in [1.29, 1.82) is 0 Å². The van der Waals surface area contributed by atoms with Gasteiger partial charge in [0.25, 0.3) is 5.91 Å². The Hall–Kier alpha value is -2.99. The Morgan fingerprint density at radius 1 is 1.00 bits per heavy atom. The van der Waals surface area contributed by atoms with Gasteiger partial charge in [0.1, 0.15) is 0 Å². The second-order valence-corrected chi connectivity index (χ2v) is 6.79. The number of nitrogens with one attached hydrogen (secondary N) is 2. The molecule has 0 spiro atoms. The summed E-state index contributed by atoms with van der Waals surface area (Å²) in [4.78, 5) is 12.9. The van der Waals surface area contributed by atoms with Gasteiger partial charge in [0.2, 0.25) is 0 Å². The van der Waals surface area contributed by atoms with Gasteiger partial charge in [-0.05, 0) is 37.1 Å². The van der Waals surface area contributed by atoms with Crippen molar-refractivity contribution in [2.24, 2.45) is 0 Å². The number of carbonyl (C=O) groups is 1. The smallest absolute Gasteiger partial charge is 0.274 e. The number of benzene rings is 2. The predicted octanol–water partition coefficient (Wildman–Crippen LogP) is 2.72. The van der Waals surface area contributed by atoms with Gasteiger partial charge in [-0.15, -0.1) is 5.10 Å². The minimum absolute atomic E-state index is 0.215. The van der Waals surface area contributed by atoms with Crippen molar-refractivity contribution in [1.82, 2.24) is 25.6 Å². The molecule has 4 rings (SSSR count). The van der Waals surface area contributed by atoms with Gasteiger partial charge in [-0.1, -0.05) is 65.9 Å². The molecule has 6 nitrogen and oxygen atoms in total. The van der Waals surface area contributed by atoms with E-state index in [2.05, 4.69) is 20.9 Å². The average molecular weight is 361 g/mol. The first kappa shape index (κ1) is 17.4. The van der Waals surface area contributed by atoms with Crippen molar-refractivity contribution in [3.05, 3.63) is 83.7 Å². The highest BCUT2D eigenvalue weighted by atomic mass is 16.2. The fourth-order valence-electron chi connectivity index (χ4n) is 3.49. The maximum atomic E-state index is 12.9. The third-order valence-corrected chi connectivity index (χ3v) is 4.97. The van der Waals surface area contributed by atoms with Crippen LogP contribution in [0.4, 0.5) is 0 Å². The van der Waals surface area contributed by atoms with Crippen LogP contribution in [0.3, 0.4) is 0 Å². The van der Waals surface area contributed by atoms with Crippen LogP contribution in [0, 0.1) is 0 Å². The summed E-state index contributed by atoms with van der Waals surface area (Å²) in [6, 6.07) is 20.0. The standard InChI is InChI=1S/C21H23N5O/c27-21(19-15-26(25-24-19)18-11-13-22-14-12-18)23-20(16-7-3-1-4-8-16)17-9-5-2-6-10-17/h1-10,15,18,20,22H,11-14H2,(H,23,27). The third-order valence-electron chi connectivity index (χ3n) is 4.97. The van der Waals surface area contributed by atoms with Crippen LogP contribution < -0.4 is 10.6 Å². The molecule has 27 heavy (non-hydrogen) atoms. The van der Waals surface area contributed by atoms with E-state index in [0.717, 1.165) is 37.1 Å². The molecule has 0 unspecified atom stereocenters. The topological polar surface area (TPSA) is 71.8 Å². The first-order valence-corrected chi connectivity index (χ1v) is 9.34. The molecule has 138 valence electrons. The summed E-state index contributed by atoms with van der Waals surface area (Å²) in [6.45, 7) is 1.94. The fraction of sp³-hybridized carbons (Fsp3) is 0.286. The Morgan fingerprint density at radius 2 is 1.59 bits per heavy atom. The molecule has 2 heterocycles. The number of amides is 1. The molecule has 6 heteroatoms. The zero-order valence-electron chi connectivity index (χ0n) is 15.1. The van der Waals surface area contributed by atoms with Gasteiger partial charge in [-0.25, -0.2) is 4.68 Å². The number of nitrogens with zero attached hydrogens (tertiary/aromatic N) is 3. The molecule has 2 aromatic carbocycles. The van der Waals surface area contributed by atoms with Crippen LogP contribution >= 0.6 is 0 Å². The van der Waals surface area contributed by atoms with E-state index in [9.17, 15) is 4.79 Å². The highest BCUT2D eigenvalue weighted by molar-refractivity contribution is 5.92. The van der Waals surface area contributed by atoms with Gasteiger partial charge < -0.3 is 10.6 Å². The highest BCUT2D eigenvalue weighted by Gasteiger charge is 2.22. The third kappa shape index (κ3) is 4.06. The van der Waals surface area contributed by atoms with Gasteiger partial charge in [-0.2, -0.15) is 0 Å². The highest BCUT2D eigenvalue weighted by Crippen LogP contribution is 2.22. The van der Waals surface area contributed by atoms with Gasteiger partial charge in [0, 0.05) is 0 Å². The van der Waals surface area contributed by atoms with E-state index in [0.29, 0.717) is 11.7 Å². The minimum Gasteiger partial charge on any atom is -0.340 e. The van der Waals surface area contributed by atoms with Gasteiger partial charge in [-0.3, -0.25) is 4.79 Å². The molecule has 0 atom stereocenters. The predicted molar refractivity (Wildman–Crippen MR) is 103 cm³/mol. The van der Waals surface area contributed by atoms with Crippen molar-refractivity contribution in [2.45, 2.75) is 24.9 Å². The number of aromatic nitrogens is 3. The second kappa shape index (κ2) is 8.14. The molecule has 1 aromatic heterocycles. The SMILES string of the molecule is O=C(NC(c1ccccc1)c1ccccc1)c1cn(C2CCNCC2)nn1. The van der Waals surface area contributed by atoms with Crippen LogP contribution in [0.5, 0.6) is 0 Å². The van der Waals surface area contributed by atoms with Gasteiger partial charge in [0.15, 0.2) is 5.69 Å². The van der Waals surface area contributed by atoms with E-state index in [1.807, 2.05) is 65.3 Å². The van der Waals surface area contributed by atoms with Crippen molar-refractivity contribution >= 4 is 5.91 Å². The Labute approximate surface area is 158 Å². The quantitative estimate of drug-likeness (QED) is 0.733. The molecule has 0 saturated carbocycles. The van der Waals surface area contributed by atoms with Crippen LogP contribution in [0.1, 0.15) is 46.5 Å². The molecule has 1 aliphatic rings. The molecule has 1 aliphatic heterocycles. The summed E-state index contributed by atoms with van der Waals surface area (Å²) in [7, 11) is 0. The molecular weight excluding hydrogens is 338 g/mol. The monoisotopic (exact) mass is 361 g/mol. The van der Waals surface area contributed by atoms with Crippen LogP contribution in [-0.2, 0) is 0 Å². The van der Waals surface area contributed by atoms with E-state index in [1.54, 1.807) is 6.20 Å². The molecule has 0 radical (unpaired) electrons. The van der Waals surface area contributed by atoms with Crippen LogP contribution in [0.25, 0.3) is 0 Å². The normalized spacial score (nSPS) is 15.0. The number of hydrogen-bond acceptors (Lipinski definition) is 4. The number of piperidine rings is 1. The Kier molecular flexibility index (Phi) is 5.25.